The molecule has 0 amide bonds. The highest BCUT2D eigenvalue weighted by molar-refractivity contribution is 9.10. The van der Waals surface area contributed by atoms with Crippen LogP contribution in [0.5, 0.6) is 0 Å². The van der Waals surface area contributed by atoms with Crippen LogP contribution in [0, 0.1) is 0 Å². The third-order valence-electron chi connectivity index (χ3n) is 2.62. The summed E-state index contributed by atoms with van der Waals surface area (Å²) < 4.78 is 0.922. The first-order chi connectivity index (χ1) is 7.22. The molecular weight excluding hydrogens is 343 g/mol. The predicted octanol–water partition coefficient (Wildman–Crippen LogP) is 3.86. The van der Waals surface area contributed by atoms with Gasteiger partial charge in [0.25, 0.3) is 0 Å². The lowest BCUT2D eigenvalue weighted by molar-refractivity contribution is 0.741. The SMILES string of the molecule is Clc1cc(Br)cnc1N1CCCC1CBr. The summed E-state index contributed by atoms with van der Waals surface area (Å²) in [6, 6.07) is 2.42. The molecular formula is C10H11Br2ClN2. The van der Waals surface area contributed by atoms with E-state index in [2.05, 4.69) is 41.7 Å². The fourth-order valence-corrected chi connectivity index (χ4v) is 3.30. The minimum absolute atomic E-state index is 0.524. The molecule has 1 fully saturated rings. The Balaban J connectivity index is 2.28. The Morgan fingerprint density at radius 2 is 2.40 bits per heavy atom. The van der Waals surface area contributed by atoms with Crippen LogP contribution in [-0.2, 0) is 0 Å². The summed E-state index contributed by atoms with van der Waals surface area (Å²) in [5, 5.41) is 1.69. The number of nitrogens with zero attached hydrogens (tertiary/aromatic N) is 2. The van der Waals surface area contributed by atoms with E-state index in [1.165, 1.54) is 12.8 Å². The number of pyridine rings is 1. The van der Waals surface area contributed by atoms with E-state index in [1.807, 2.05) is 6.07 Å². The van der Waals surface area contributed by atoms with Gasteiger partial charge in [0.15, 0.2) is 0 Å². The van der Waals surface area contributed by atoms with E-state index in [9.17, 15) is 0 Å². The van der Waals surface area contributed by atoms with E-state index in [0.29, 0.717) is 6.04 Å². The number of hydrogen-bond donors (Lipinski definition) is 0. The Morgan fingerprint density at radius 3 is 3.07 bits per heavy atom. The van der Waals surface area contributed by atoms with Crippen molar-refractivity contribution in [2.45, 2.75) is 18.9 Å². The van der Waals surface area contributed by atoms with Crippen LogP contribution in [0.1, 0.15) is 12.8 Å². The summed E-state index contributed by atoms with van der Waals surface area (Å²) in [6.07, 6.45) is 4.22. The molecule has 1 saturated heterocycles. The minimum atomic E-state index is 0.524. The van der Waals surface area contributed by atoms with Crippen LogP contribution in [0.4, 0.5) is 5.82 Å². The molecule has 0 N–H and O–H groups in total. The van der Waals surface area contributed by atoms with E-state index in [4.69, 9.17) is 11.6 Å². The second-order valence-corrected chi connectivity index (χ2v) is 5.57. The van der Waals surface area contributed by atoms with Gasteiger partial charge in [-0.05, 0) is 34.8 Å². The monoisotopic (exact) mass is 352 g/mol. The van der Waals surface area contributed by atoms with Crippen molar-refractivity contribution in [3.05, 3.63) is 21.8 Å². The highest BCUT2D eigenvalue weighted by Gasteiger charge is 2.26. The van der Waals surface area contributed by atoms with Gasteiger partial charge in [-0.15, -0.1) is 0 Å². The van der Waals surface area contributed by atoms with Gasteiger partial charge in [-0.3, -0.25) is 0 Å². The van der Waals surface area contributed by atoms with Crippen LogP contribution in [0.3, 0.4) is 0 Å². The first-order valence-electron chi connectivity index (χ1n) is 4.86. The summed E-state index contributed by atoms with van der Waals surface area (Å²) >= 11 is 13.1. The topological polar surface area (TPSA) is 16.1 Å². The first kappa shape index (κ1) is 11.7. The average molecular weight is 354 g/mol. The van der Waals surface area contributed by atoms with Crippen LogP contribution in [0.25, 0.3) is 0 Å². The zero-order chi connectivity index (χ0) is 10.8. The molecule has 1 unspecified atom stereocenters. The second kappa shape index (κ2) is 5.02. The van der Waals surface area contributed by atoms with E-state index in [-0.39, 0.29) is 0 Å². The molecule has 2 heterocycles. The Bertz CT molecular complexity index is 359. The van der Waals surface area contributed by atoms with E-state index in [0.717, 1.165) is 27.2 Å². The molecule has 82 valence electrons. The lowest BCUT2D eigenvalue weighted by Crippen LogP contribution is -2.31. The lowest BCUT2D eigenvalue weighted by atomic mass is 10.2. The van der Waals surface area contributed by atoms with Crippen molar-refractivity contribution in [2.24, 2.45) is 0 Å². The third kappa shape index (κ3) is 2.48. The summed E-state index contributed by atoms with van der Waals surface area (Å²) in [7, 11) is 0. The number of halogens is 3. The smallest absolute Gasteiger partial charge is 0.147 e. The molecule has 15 heavy (non-hydrogen) atoms. The summed E-state index contributed by atoms with van der Waals surface area (Å²) in [6.45, 7) is 1.05. The van der Waals surface area contributed by atoms with Crippen molar-refractivity contribution in [3.63, 3.8) is 0 Å². The van der Waals surface area contributed by atoms with Crippen molar-refractivity contribution >= 4 is 49.3 Å². The largest absolute Gasteiger partial charge is 0.352 e. The Morgan fingerprint density at radius 1 is 1.60 bits per heavy atom. The minimum Gasteiger partial charge on any atom is -0.352 e. The van der Waals surface area contributed by atoms with Crippen molar-refractivity contribution in [3.8, 4) is 0 Å². The normalized spacial score (nSPS) is 21.0. The maximum atomic E-state index is 6.18. The number of anilines is 1. The van der Waals surface area contributed by atoms with Crippen LogP contribution >= 0.6 is 43.5 Å². The lowest BCUT2D eigenvalue weighted by Gasteiger charge is -2.24. The summed E-state index contributed by atoms with van der Waals surface area (Å²) in [5.74, 6) is 0.904. The van der Waals surface area contributed by atoms with Crippen molar-refractivity contribution in [2.75, 3.05) is 16.8 Å². The molecule has 2 rings (SSSR count). The zero-order valence-electron chi connectivity index (χ0n) is 8.09. The van der Waals surface area contributed by atoms with Crippen LogP contribution < -0.4 is 4.90 Å². The van der Waals surface area contributed by atoms with Crippen molar-refractivity contribution in [1.82, 2.24) is 4.98 Å². The quantitative estimate of drug-likeness (QED) is 0.750. The number of hydrogen-bond acceptors (Lipinski definition) is 2. The van der Waals surface area contributed by atoms with Crippen molar-refractivity contribution < 1.29 is 0 Å². The van der Waals surface area contributed by atoms with Gasteiger partial charge in [0.1, 0.15) is 5.82 Å². The molecule has 0 spiro atoms. The van der Waals surface area contributed by atoms with Crippen LogP contribution in [0.15, 0.2) is 16.7 Å². The standard InChI is InChI=1S/C10H11Br2ClN2/c11-5-8-2-1-3-15(8)10-9(13)4-7(12)6-14-10/h4,6,8H,1-3,5H2. The van der Waals surface area contributed by atoms with Gasteiger partial charge < -0.3 is 4.90 Å². The molecule has 0 radical (unpaired) electrons. The fraction of sp³-hybridized carbons (Fsp3) is 0.500. The van der Waals surface area contributed by atoms with Gasteiger partial charge in [-0.25, -0.2) is 4.98 Å². The van der Waals surface area contributed by atoms with E-state index < -0.39 is 0 Å². The van der Waals surface area contributed by atoms with E-state index >= 15 is 0 Å². The molecule has 0 saturated carbocycles. The Kier molecular flexibility index (Phi) is 3.91. The summed E-state index contributed by atoms with van der Waals surface area (Å²) in [5.41, 5.74) is 0. The maximum Gasteiger partial charge on any atom is 0.147 e. The molecule has 1 aliphatic heterocycles. The molecule has 1 aliphatic rings. The van der Waals surface area contributed by atoms with Gasteiger partial charge in [0.2, 0.25) is 0 Å². The van der Waals surface area contributed by atoms with E-state index in [1.54, 1.807) is 6.20 Å². The molecule has 0 aromatic carbocycles. The van der Waals surface area contributed by atoms with Gasteiger partial charge in [-0.2, -0.15) is 0 Å². The Hall–Kier alpha value is 0.200. The van der Waals surface area contributed by atoms with Gasteiger partial charge in [0.05, 0.1) is 5.02 Å². The molecule has 1 aromatic heterocycles. The van der Waals surface area contributed by atoms with Crippen LogP contribution in [-0.4, -0.2) is 22.9 Å². The molecule has 1 atom stereocenters. The van der Waals surface area contributed by atoms with Crippen molar-refractivity contribution in [1.29, 1.82) is 0 Å². The van der Waals surface area contributed by atoms with Gasteiger partial charge in [-0.1, -0.05) is 27.5 Å². The van der Waals surface area contributed by atoms with Crippen LogP contribution in [0.2, 0.25) is 5.02 Å². The highest BCUT2D eigenvalue weighted by Crippen LogP contribution is 2.31. The average Bonchev–Trinajstić information content (AvgIpc) is 2.65. The molecule has 0 aliphatic carbocycles. The molecule has 2 nitrogen and oxygen atoms in total. The zero-order valence-corrected chi connectivity index (χ0v) is 12.0. The number of rotatable bonds is 2. The first-order valence-corrected chi connectivity index (χ1v) is 7.15. The number of alkyl halides is 1. The Labute approximate surface area is 111 Å². The van der Waals surface area contributed by atoms with Gasteiger partial charge in [0, 0.05) is 28.6 Å². The maximum absolute atomic E-state index is 6.18. The number of aromatic nitrogens is 1. The predicted molar refractivity (Wildman–Crippen MR) is 71.1 cm³/mol. The van der Waals surface area contributed by atoms with Gasteiger partial charge >= 0.3 is 0 Å². The molecule has 1 aromatic rings. The summed E-state index contributed by atoms with van der Waals surface area (Å²) in [4.78, 5) is 6.67. The highest BCUT2D eigenvalue weighted by atomic mass is 79.9. The third-order valence-corrected chi connectivity index (χ3v) is 4.07. The molecule has 0 bridgehead atoms. The molecule has 5 heteroatoms. The second-order valence-electron chi connectivity index (χ2n) is 3.60. The fourth-order valence-electron chi connectivity index (χ4n) is 1.89.